The molecule has 1 rings (SSSR count). The maximum atomic E-state index is 12.0. The van der Waals surface area contributed by atoms with Gasteiger partial charge < -0.3 is 5.32 Å². The average Bonchev–Trinajstić information content (AvgIpc) is 2.15. The number of rotatable bonds is 4. The van der Waals surface area contributed by atoms with Crippen molar-refractivity contribution in [2.75, 3.05) is 11.9 Å². The van der Waals surface area contributed by atoms with Gasteiger partial charge in [-0.25, -0.2) is 9.97 Å². The Kier molecular flexibility index (Phi) is 4.17. The van der Waals surface area contributed by atoms with Gasteiger partial charge in [0.2, 0.25) is 11.9 Å². The number of anilines is 1. The molecule has 5 nitrogen and oxygen atoms in total. The van der Waals surface area contributed by atoms with E-state index in [0.29, 0.717) is 5.95 Å². The van der Waals surface area contributed by atoms with Gasteiger partial charge in [-0.2, -0.15) is 0 Å². The molecule has 0 saturated carbocycles. The highest BCUT2D eigenvalue weighted by Gasteiger charge is 2.26. The number of nitrogens with one attached hydrogen (secondary N) is 2. The first kappa shape index (κ1) is 13.6. The van der Waals surface area contributed by atoms with Crippen molar-refractivity contribution in [1.29, 1.82) is 0 Å². The van der Waals surface area contributed by atoms with Gasteiger partial charge in [-0.3, -0.25) is 10.1 Å². The normalized spacial score (nSPS) is 11.4. The maximum absolute atomic E-state index is 12.0. The molecule has 0 saturated heterocycles. The summed E-state index contributed by atoms with van der Waals surface area (Å²) in [7, 11) is 0. The van der Waals surface area contributed by atoms with Crippen LogP contribution >= 0.6 is 0 Å². The fraction of sp³-hybridized carbons (Fsp3) is 0.583. The largest absolute Gasteiger partial charge is 0.304 e. The van der Waals surface area contributed by atoms with E-state index in [4.69, 9.17) is 0 Å². The molecule has 0 fully saturated rings. The van der Waals surface area contributed by atoms with E-state index in [1.54, 1.807) is 0 Å². The lowest BCUT2D eigenvalue weighted by Crippen LogP contribution is -2.49. The van der Waals surface area contributed by atoms with E-state index >= 15 is 0 Å². The van der Waals surface area contributed by atoms with Crippen molar-refractivity contribution in [3.63, 3.8) is 0 Å². The fourth-order valence-corrected chi connectivity index (χ4v) is 1.56. The number of likely N-dealkylation sites (N-methyl/N-ethyl adjacent to an activating group) is 1. The summed E-state index contributed by atoms with van der Waals surface area (Å²) in [6.07, 6.45) is 0. The lowest BCUT2D eigenvalue weighted by molar-refractivity contribution is -0.121. The molecule has 1 aromatic rings. The molecule has 0 aliphatic heterocycles. The van der Waals surface area contributed by atoms with Gasteiger partial charge in [-0.05, 0) is 40.3 Å². The van der Waals surface area contributed by atoms with E-state index in [1.807, 2.05) is 40.7 Å². The molecule has 5 heteroatoms. The minimum Gasteiger partial charge on any atom is -0.304 e. The summed E-state index contributed by atoms with van der Waals surface area (Å²) in [5, 5.41) is 5.83. The van der Waals surface area contributed by atoms with E-state index in [-0.39, 0.29) is 5.91 Å². The van der Waals surface area contributed by atoms with Gasteiger partial charge in [0, 0.05) is 11.4 Å². The van der Waals surface area contributed by atoms with Crippen LogP contribution in [0.4, 0.5) is 5.95 Å². The van der Waals surface area contributed by atoms with E-state index in [0.717, 1.165) is 17.9 Å². The molecule has 1 amide bonds. The number of carbonyl (C=O) groups excluding carboxylic acids is 1. The van der Waals surface area contributed by atoms with Crippen LogP contribution in [0, 0.1) is 13.8 Å². The minimum atomic E-state index is -0.629. The van der Waals surface area contributed by atoms with Crippen LogP contribution in [0.3, 0.4) is 0 Å². The highest BCUT2D eigenvalue weighted by atomic mass is 16.2. The Hall–Kier alpha value is -1.49. The molecule has 0 aromatic carbocycles. The number of hydrogen-bond donors (Lipinski definition) is 2. The van der Waals surface area contributed by atoms with E-state index < -0.39 is 5.54 Å². The Labute approximate surface area is 102 Å². The van der Waals surface area contributed by atoms with Gasteiger partial charge in [0.25, 0.3) is 0 Å². The zero-order valence-electron chi connectivity index (χ0n) is 11.1. The molecular weight excluding hydrogens is 216 g/mol. The maximum Gasteiger partial charge on any atom is 0.246 e. The van der Waals surface area contributed by atoms with Crippen LogP contribution in [0.1, 0.15) is 32.2 Å². The standard InChI is InChI=1S/C12H20N4O/c1-6-13-12(4,5)10(17)16-11-14-8(2)7-9(3)15-11/h7,13H,6H2,1-5H3,(H,14,15,16,17). The molecule has 94 valence electrons. The molecule has 17 heavy (non-hydrogen) atoms. The summed E-state index contributed by atoms with van der Waals surface area (Å²) in [5.41, 5.74) is 1.05. The second-order valence-corrected chi connectivity index (χ2v) is 4.58. The van der Waals surface area contributed by atoms with Crippen molar-refractivity contribution in [3.05, 3.63) is 17.5 Å². The summed E-state index contributed by atoms with van der Waals surface area (Å²) in [6.45, 7) is 10.1. The Bertz CT molecular complexity index is 395. The van der Waals surface area contributed by atoms with Crippen LogP contribution in [0.25, 0.3) is 0 Å². The van der Waals surface area contributed by atoms with E-state index in [9.17, 15) is 4.79 Å². The van der Waals surface area contributed by atoms with Gasteiger partial charge in [-0.15, -0.1) is 0 Å². The van der Waals surface area contributed by atoms with Crippen molar-refractivity contribution in [2.24, 2.45) is 0 Å². The van der Waals surface area contributed by atoms with Gasteiger partial charge >= 0.3 is 0 Å². The Morgan fingerprint density at radius 2 is 1.82 bits per heavy atom. The molecule has 0 bridgehead atoms. The Balaban J connectivity index is 2.80. The summed E-state index contributed by atoms with van der Waals surface area (Å²) < 4.78 is 0. The second kappa shape index (κ2) is 5.23. The monoisotopic (exact) mass is 236 g/mol. The third-order valence-corrected chi connectivity index (χ3v) is 2.39. The SMILES string of the molecule is CCNC(C)(C)C(=O)Nc1nc(C)cc(C)n1. The smallest absolute Gasteiger partial charge is 0.246 e. The predicted molar refractivity (Wildman–Crippen MR) is 67.9 cm³/mol. The molecular formula is C12H20N4O. The quantitative estimate of drug-likeness (QED) is 0.829. The molecule has 0 aliphatic carbocycles. The molecule has 0 spiro atoms. The van der Waals surface area contributed by atoms with Crippen molar-refractivity contribution >= 4 is 11.9 Å². The summed E-state index contributed by atoms with van der Waals surface area (Å²) in [4.78, 5) is 20.3. The van der Waals surface area contributed by atoms with Crippen LogP contribution < -0.4 is 10.6 Å². The lowest BCUT2D eigenvalue weighted by atomic mass is 10.1. The second-order valence-electron chi connectivity index (χ2n) is 4.58. The highest BCUT2D eigenvalue weighted by Crippen LogP contribution is 2.08. The van der Waals surface area contributed by atoms with E-state index in [1.165, 1.54) is 0 Å². The molecule has 0 atom stereocenters. The minimum absolute atomic E-state index is 0.135. The molecule has 2 N–H and O–H groups in total. The summed E-state index contributed by atoms with van der Waals surface area (Å²) in [5.74, 6) is 0.225. The number of hydrogen-bond acceptors (Lipinski definition) is 4. The summed E-state index contributed by atoms with van der Waals surface area (Å²) in [6, 6.07) is 1.87. The van der Waals surface area contributed by atoms with Crippen LogP contribution in [-0.4, -0.2) is 28.0 Å². The van der Waals surface area contributed by atoms with Gasteiger partial charge in [0.1, 0.15) is 0 Å². The first-order valence-corrected chi connectivity index (χ1v) is 5.74. The number of amides is 1. The number of carbonyl (C=O) groups is 1. The third kappa shape index (κ3) is 3.78. The van der Waals surface area contributed by atoms with Gasteiger partial charge in [0.15, 0.2) is 0 Å². The Morgan fingerprint density at radius 3 is 2.29 bits per heavy atom. The zero-order valence-corrected chi connectivity index (χ0v) is 11.1. The highest BCUT2D eigenvalue weighted by molar-refractivity contribution is 5.96. The number of nitrogens with zero attached hydrogens (tertiary/aromatic N) is 2. The number of aryl methyl sites for hydroxylation is 2. The lowest BCUT2D eigenvalue weighted by Gasteiger charge is -2.23. The average molecular weight is 236 g/mol. The van der Waals surface area contributed by atoms with Crippen LogP contribution in [-0.2, 0) is 4.79 Å². The fourth-order valence-electron chi connectivity index (χ4n) is 1.56. The topological polar surface area (TPSA) is 66.9 Å². The molecule has 0 radical (unpaired) electrons. The van der Waals surface area contributed by atoms with Gasteiger partial charge in [-0.1, -0.05) is 6.92 Å². The van der Waals surface area contributed by atoms with Crippen LogP contribution in [0.5, 0.6) is 0 Å². The molecule has 1 heterocycles. The molecule has 0 aliphatic rings. The Morgan fingerprint density at radius 1 is 1.29 bits per heavy atom. The summed E-state index contributed by atoms with van der Waals surface area (Å²) >= 11 is 0. The van der Waals surface area contributed by atoms with Crippen molar-refractivity contribution in [1.82, 2.24) is 15.3 Å². The van der Waals surface area contributed by atoms with Crippen molar-refractivity contribution in [2.45, 2.75) is 40.2 Å². The van der Waals surface area contributed by atoms with Gasteiger partial charge in [0.05, 0.1) is 5.54 Å². The first-order chi connectivity index (χ1) is 7.85. The molecule has 1 aromatic heterocycles. The van der Waals surface area contributed by atoms with E-state index in [2.05, 4.69) is 20.6 Å². The first-order valence-electron chi connectivity index (χ1n) is 5.74. The molecule has 0 unspecified atom stereocenters. The van der Waals surface area contributed by atoms with Crippen LogP contribution in [0.15, 0.2) is 6.07 Å². The van der Waals surface area contributed by atoms with Crippen molar-refractivity contribution in [3.8, 4) is 0 Å². The van der Waals surface area contributed by atoms with Crippen molar-refractivity contribution < 1.29 is 4.79 Å². The third-order valence-electron chi connectivity index (χ3n) is 2.39. The number of aromatic nitrogens is 2. The zero-order chi connectivity index (χ0) is 13.1. The predicted octanol–water partition coefficient (Wildman–Crippen LogP) is 1.42. The van der Waals surface area contributed by atoms with Crippen LogP contribution in [0.2, 0.25) is 0 Å².